The zero-order chi connectivity index (χ0) is 9.42. The number of carbonyl (C=O) groups excluding carboxylic acids is 1. The minimum absolute atomic E-state index is 0.0524. The summed E-state index contributed by atoms with van der Waals surface area (Å²) in [6, 6.07) is 2.83. The molecule has 0 saturated heterocycles. The maximum Gasteiger partial charge on any atom is 0.163 e. The summed E-state index contributed by atoms with van der Waals surface area (Å²) in [5.41, 5.74) is 1.40. The van der Waals surface area contributed by atoms with E-state index < -0.39 is 0 Å². The molecule has 2 rings (SSSR count). The summed E-state index contributed by atoms with van der Waals surface area (Å²) in [5, 5.41) is 18.4. The summed E-state index contributed by atoms with van der Waals surface area (Å²) in [7, 11) is 0. The molecule has 0 aliphatic heterocycles. The van der Waals surface area contributed by atoms with Gasteiger partial charge in [0.05, 0.1) is 0 Å². The quantitative estimate of drug-likeness (QED) is 0.593. The number of carbonyl (C=O) groups is 1. The van der Waals surface area contributed by atoms with Gasteiger partial charge in [-0.1, -0.05) is 0 Å². The summed E-state index contributed by atoms with van der Waals surface area (Å²) in [6.07, 6.45) is 2.17. The SMILES string of the molecule is O=C1CCCc2cc(O)c(O)cc21. The van der Waals surface area contributed by atoms with Gasteiger partial charge in [-0.15, -0.1) is 0 Å². The number of hydrogen-bond donors (Lipinski definition) is 2. The second-order valence-electron chi connectivity index (χ2n) is 3.27. The van der Waals surface area contributed by atoms with Gasteiger partial charge in [0.15, 0.2) is 17.3 Å². The highest BCUT2D eigenvalue weighted by Crippen LogP contribution is 2.32. The predicted molar refractivity (Wildman–Crippen MR) is 47.0 cm³/mol. The van der Waals surface area contributed by atoms with E-state index in [4.69, 9.17) is 0 Å². The molecule has 0 radical (unpaired) electrons. The van der Waals surface area contributed by atoms with Gasteiger partial charge in [0.1, 0.15) is 0 Å². The molecule has 1 aromatic rings. The normalized spacial score (nSPS) is 15.5. The van der Waals surface area contributed by atoms with Crippen LogP contribution in [0.3, 0.4) is 0 Å². The number of rotatable bonds is 0. The van der Waals surface area contributed by atoms with Crippen LogP contribution in [0.15, 0.2) is 12.1 Å². The van der Waals surface area contributed by atoms with Gasteiger partial charge in [-0.05, 0) is 30.5 Å². The van der Waals surface area contributed by atoms with Gasteiger partial charge in [-0.25, -0.2) is 0 Å². The van der Waals surface area contributed by atoms with Crippen LogP contribution in [0.1, 0.15) is 28.8 Å². The number of aromatic hydroxyl groups is 2. The average molecular weight is 178 g/mol. The average Bonchev–Trinajstić information content (AvgIpc) is 2.09. The van der Waals surface area contributed by atoms with E-state index in [0.717, 1.165) is 18.4 Å². The van der Waals surface area contributed by atoms with Crippen molar-refractivity contribution in [3.05, 3.63) is 23.3 Å². The Morgan fingerprint density at radius 3 is 2.54 bits per heavy atom. The predicted octanol–water partition coefficient (Wildman–Crippen LogP) is 1.62. The van der Waals surface area contributed by atoms with Gasteiger partial charge < -0.3 is 10.2 Å². The van der Waals surface area contributed by atoms with Gasteiger partial charge in [0.2, 0.25) is 0 Å². The van der Waals surface area contributed by atoms with Crippen LogP contribution in [0.4, 0.5) is 0 Å². The van der Waals surface area contributed by atoms with E-state index in [9.17, 15) is 15.0 Å². The van der Waals surface area contributed by atoms with Gasteiger partial charge in [-0.3, -0.25) is 4.79 Å². The molecule has 0 atom stereocenters. The number of hydrogen-bond acceptors (Lipinski definition) is 3. The third-order valence-corrected chi connectivity index (χ3v) is 2.35. The van der Waals surface area contributed by atoms with Gasteiger partial charge in [0, 0.05) is 12.0 Å². The first-order valence-corrected chi connectivity index (χ1v) is 4.26. The highest BCUT2D eigenvalue weighted by atomic mass is 16.3. The lowest BCUT2D eigenvalue weighted by Gasteiger charge is -2.14. The first kappa shape index (κ1) is 8.10. The van der Waals surface area contributed by atoms with Crippen LogP contribution in [-0.2, 0) is 6.42 Å². The number of Topliss-reactive ketones (excluding diaryl/α,β-unsaturated/α-hetero) is 1. The second kappa shape index (κ2) is 2.76. The van der Waals surface area contributed by atoms with E-state index in [1.54, 1.807) is 0 Å². The lowest BCUT2D eigenvalue weighted by atomic mass is 9.90. The minimum atomic E-state index is -0.214. The summed E-state index contributed by atoms with van der Waals surface area (Å²) < 4.78 is 0. The van der Waals surface area contributed by atoms with Gasteiger partial charge in [-0.2, -0.15) is 0 Å². The molecule has 0 unspecified atom stereocenters. The smallest absolute Gasteiger partial charge is 0.163 e. The fourth-order valence-electron chi connectivity index (χ4n) is 1.66. The van der Waals surface area contributed by atoms with E-state index >= 15 is 0 Å². The highest BCUT2D eigenvalue weighted by molar-refractivity contribution is 5.99. The minimum Gasteiger partial charge on any atom is -0.504 e. The zero-order valence-electron chi connectivity index (χ0n) is 7.08. The molecule has 1 aromatic carbocycles. The molecule has 0 saturated carbocycles. The van der Waals surface area contributed by atoms with Crippen molar-refractivity contribution in [2.75, 3.05) is 0 Å². The Balaban J connectivity index is 2.58. The molecule has 2 N–H and O–H groups in total. The van der Waals surface area contributed by atoms with Crippen molar-refractivity contribution >= 4 is 5.78 Å². The number of phenolic OH excluding ortho intramolecular Hbond substituents is 2. The third kappa shape index (κ3) is 1.26. The fraction of sp³-hybridized carbons (Fsp3) is 0.300. The van der Waals surface area contributed by atoms with Crippen molar-refractivity contribution in [3.8, 4) is 11.5 Å². The van der Waals surface area contributed by atoms with Gasteiger partial charge in [0.25, 0.3) is 0 Å². The number of aryl methyl sites for hydroxylation is 1. The standard InChI is InChI=1S/C10H10O3/c11-8-3-1-2-6-4-9(12)10(13)5-7(6)8/h4-5,12-13H,1-3H2. The van der Waals surface area contributed by atoms with Crippen LogP contribution in [0.2, 0.25) is 0 Å². The summed E-state index contributed by atoms with van der Waals surface area (Å²) in [5.74, 6) is -0.306. The van der Waals surface area contributed by atoms with Crippen molar-refractivity contribution in [1.82, 2.24) is 0 Å². The monoisotopic (exact) mass is 178 g/mol. The Hall–Kier alpha value is -1.51. The number of phenols is 2. The molecule has 1 aliphatic carbocycles. The molecular weight excluding hydrogens is 168 g/mol. The lowest BCUT2D eigenvalue weighted by molar-refractivity contribution is 0.0972. The largest absolute Gasteiger partial charge is 0.504 e. The van der Waals surface area contributed by atoms with Crippen molar-refractivity contribution in [3.63, 3.8) is 0 Å². The molecule has 13 heavy (non-hydrogen) atoms. The van der Waals surface area contributed by atoms with E-state index in [1.165, 1.54) is 12.1 Å². The van der Waals surface area contributed by atoms with Crippen LogP contribution in [0.25, 0.3) is 0 Å². The summed E-state index contributed by atoms with van der Waals surface area (Å²) in [6.45, 7) is 0. The van der Waals surface area contributed by atoms with Crippen LogP contribution in [0.5, 0.6) is 11.5 Å². The molecule has 0 bridgehead atoms. The van der Waals surface area contributed by atoms with E-state index in [-0.39, 0.29) is 17.3 Å². The first-order chi connectivity index (χ1) is 6.18. The molecule has 3 nitrogen and oxygen atoms in total. The number of fused-ring (bicyclic) bond motifs is 1. The topological polar surface area (TPSA) is 57.5 Å². The van der Waals surface area contributed by atoms with E-state index in [2.05, 4.69) is 0 Å². The van der Waals surface area contributed by atoms with Gasteiger partial charge >= 0.3 is 0 Å². The van der Waals surface area contributed by atoms with Crippen LogP contribution in [-0.4, -0.2) is 16.0 Å². The lowest BCUT2D eigenvalue weighted by Crippen LogP contribution is -2.10. The maximum atomic E-state index is 11.4. The first-order valence-electron chi connectivity index (χ1n) is 4.26. The van der Waals surface area contributed by atoms with Crippen LogP contribution in [0, 0.1) is 0 Å². The molecule has 0 aromatic heterocycles. The van der Waals surface area contributed by atoms with Crippen molar-refractivity contribution in [2.45, 2.75) is 19.3 Å². The number of ketones is 1. The molecule has 68 valence electrons. The molecule has 0 amide bonds. The molecule has 0 spiro atoms. The van der Waals surface area contributed by atoms with Crippen LogP contribution < -0.4 is 0 Å². The van der Waals surface area contributed by atoms with E-state index in [1.807, 2.05) is 0 Å². The molecule has 0 heterocycles. The zero-order valence-corrected chi connectivity index (χ0v) is 7.08. The van der Waals surface area contributed by atoms with E-state index in [0.29, 0.717) is 12.0 Å². The Labute approximate surface area is 75.6 Å². The highest BCUT2D eigenvalue weighted by Gasteiger charge is 2.18. The summed E-state index contributed by atoms with van der Waals surface area (Å²) >= 11 is 0. The molecule has 0 fully saturated rings. The van der Waals surface area contributed by atoms with Crippen molar-refractivity contribution in [2.24, 2.45) is 0 Å². The summed E-state index contributed by atoms with van der Waals surface area (Å²) in [4.78, 5) is 11.4. The second-order valence-corrected chi connectivity index (χ2v) is 3.27. The Bertz CT molecular complexity index is 369. The Morgan fingerprint density at radius 1 is 1.08 bits per heavy atom. The Morgan fingerprint density at radius 2 is 1.77 bits per heavy atom. The molecule has 1 aliphatic rings. The number of benzene rings is 1. The third-order valence-electron chi connectivity index (χ3n) is 2.35. The van der Waals surface area contributed by atoms with Crippen molar-refractivity contribution < 1.29 is 15.0 Å². The Kier molecular flexibility index (Phi) is 1.72. The van der Waals surface area contributed by atoms with Crippen LogP contribution >= 0.6 is 0 Å². The molecular formula is C10H10O3. The van der Waals surface area contributed by atoms with Crippen molar-refractivity contribution in [1.29, 1.82) is 0 Å². The molecule has 3 heteroatoms. The fourth-order valence-corrected chi connectivity index (χ4v) is 1.66. The maximum absolute atomic E-state index is 11.4.